The Kier molecular flexibility index (Phi) is 3.37. The molecule has 0 bridgehead atoms. The lowest BCUT2D eigenvalue weighted by Crippen LogP contribution is -2.44. The minimum atomic E-state index is 0.358. The first-order chi connectivity index (χ1) is 6.45. The largest absolute Gasteiger partial charge is 0.353 e. The molecule has 0 aromatic rings. The molecule has 1 rings (SSSR count). The third kappa shape index (κ3) is 3.18. The van der Waals surface area contributed by atoms with Crippen LogP contribution in [0.3, 0.4) is 0 Å². The highest BCUT2D eigenvalue weighted by molar-refractivity contribution is 5.79. The van der Waals surface area contributed by atoms with Crippen molar-refractivity contribution in [2.24, 2.45) is 22.2 Å². The van der Waals surface area contributed by atoms with Crippen molar-refractivity contribution in [1.29, 1.82) is 0 Å². The maximum atomic E-state index is 5.35. The Hall–Kier alpha value is -0.770. The summed E-state index contributed by atoms with van der Waals surface area (Å²) in [5.41, 5.74) is 3.07. The Morgan fingerprint density at radius 3 is 2.50 bits per heavy atom. The number of nitrogens with zero attached hydrogens (tertiary/aromatic N) is 1. The van der Waals surface area contributed by atoms with Crippen molar-refractivity contribution < 1.29 is 0 Å². The summed E-state index contributed by atoms with van der Waals surface area (Å²) in [5, 5.41) is 3.15. The summed E-state index contributed by atoms with van der Waals surface area (Å²) in [6, 6.07) is 0.358. The van der Waals surface area contributed by atoms with Crippen LogP contribution in [0.4, 0.5) is 0 Å². The number of aliphatic imine (C=N–C) groups is 1. The number of hydrogen-bond acceptors (Lipinski definition) is 2. The molecule has 0 aromatic heterocycles. The summed E-state index contributed by atoms with van der Waals surface area (Å²) < 4.78 is 0. The van der Waals surface area contributed by atoms with Crippen LogP contribution in [-0.2, 0) is 0 Å². The van der Waals surface area contributed by atoms with E-state index in [2.05, 4.69) is 43.4 Å². The average Bonchev–Trinajstić information content (AvgIpc) is 2.67. The SMILES string of the molecule is CC(C)NC(=NCC1CC1(C)C)NN. The molecule has 0 heterocycles. The molecule has 14 heavy (non-hydrogen) atoms. The molecule has 1 saturated carbocycles. The Balaban J connectivity index is 2.34. The van der Waals surface area contributed by atoms with Crippen molar-refractivity contribution >= 4 is 5.96 Å². The molecule has 1 atom stereocenters. The lowest BCUT2D eigenvalue weighted by atomic mass is 10.1. The minimum absolute atomic E-state index is 0.358. The molecular formula is C10H22N4. The van der Waals surface area contributed by atoms with E-state index in [4.69, 9.17) is 5.84 Å². The van der Waals surface area contributed by atoms with E-state index < -0.39 is 0 Å². The normalized spacial score (nSPS) is 25.0. The zero-order chi connectivity index (χ0) is 10.8. The molecule has 0 aliphatic heterocycles. The van der Waals surface area contributed by atoms with Gasteiger partial charge in [0.1, 0.15) is 0 Å². The van der Waals surface area contributed by atoms with Gasteiger partial charge in [0.15, 0.2) is 0 Å². The molecule has 4 N–H and O–H groups in total. The van der Waals surface area contributed by atoms with E-state index in [0.29, 0.717) is 17.4 Å². The molecule has 0 radical (unpaired) electrons. The molecule has 0 amide bonds. The minimum Gasteiger partial charge on any atom is -0.353 e. The van der Waals surface area contributed by atoms with Gasteiger partial charge in [0.25, 0.3) is 0 Å². The fourth-order valence-corrected chi connectivity index (χ4v) is 1.50. The first-order valence-corrected chi connectivity index (χ1v) is 5.23. The quantitative estimate of drug-likeness (QED) is 0.273. The monoisotopic (exact) mass is 198 g/mol. The Morgan fingerprint density at radius 2 is 2.14 bits per heavy atom. The van der Waals surface area contributed by atoms with Crippen LogP contribution in [0.25, 0.3) is 0 Å². The van der Waals surface area contributed by atoms with Crippen LogP contribution < -0.4 is 16.6 Å². The Bertz CT molecular complexity index is 220. The van der Waals surface area contributed by atoms with Gasteiger partial charge in [-0.2, -0.15) is 0 Å². The number of rotatable bonds is 3. The lowest BCUT2D eigenvalue weighted by molar-refractivity contribution is 0.563. The topological polar surface area (TPSA) is 62.4 Å². The number of guanidine groups is 1. The van der Waals surface area contributed by atoms with E-state index >= 15 is 0 Å². The van der Waals surface area contributed by atoms with Crippen LogP contribution in [0.15, 0.2) is 4.99 Å². The summed E-state index contributed by atoms with van der Waals surface area (Å²) in [4.78, 5) is 4.41. The predicted molar refractivity (Wildman–Crippen MR) is 59.8 cm³/mol. The first-order valence-electron chi connectivity index (χ1n) is 5.23. The van der Waals surface area contributed by atoms with E-state index in [1.807, 2.05) is 0 Å². The summed E-state index contributed by atoms with van der Waals surface area (Å²) in [5.74, 6) is 6.77. The molecule has 0 aromatic carbocycles. The summed E-state index contributed by atoms with van der Waals surface area (Å²) in [7, 11) is 0. The van der Waals surface area contributed by atoms with Crippen LogP contribution >= 0.6 is 0 Å². The average molecular weight is 198 g/mol. The van der Waals surface area contributed by atoms with E-state index in [1.54, 1.807) is 0 Å². The van der Waals surface area contributed by atoms with Gasteiger partial charge in [-0.05, 0) is 31.6 Å². The molecule has 0 spiro atoms. The highest BCUT2D eigenvalue weighted by atomic mass is 15.3. The highest BCUT2D eigenvalue weighted by Gasteiger charge is 2.45. The van der Waals surface area contributed by atoms with Gasteiger partial charge < -0.3 is 5.32 Å². The number of nitrogens with two attached hydrogens (primary N) is 1. The first kappa shape index (κ1) is 11.3. The van der Waals surface area contributed by atoms with Gasteiger partial charge in [0.2, 0.25) is 5.96 Å². The van der Waals surface area contributed by atoms with E-state index in [-0.39, 0.29) is 0 Å². The molecule has 1 unspecified atom stereocenters. The second-order valence-electron chi connectivity index (χ2n) is 5.02. The molecular weight excluding hydrogens is 176 g/mol. The van der Waals surface area contributed by atoms with Crippen LogP contribution in [0.2, 0.25) is 0 Å². The van der Waals surface area contributed by atoms with Crippen molar-refractivity contribution in [3.05, 3.63) is 0 Å². The van der Waals surface area contributed by atoms with Crippen molar-refractivity contribution in [2.45, 2.75) is 40.2 Å². The van der Waals surface area contributed by atoms with E-state index in [0.717, 1.165) is 12.5 Å². The zero-order valence-corrected chi connectivity index (χ0v) is 9.59. The van der Waals surface area contributed by atoms with Crippen molar-refractivity contribution in [2.75, 3.05) is 6.54 Å². The van der Waals surface area contributed by atoms with Gasteiger partial charge in [-0.15, -0.1) is 0 Å². The van der Waals surface area contributed by atoms with Gasteiger partial charge >= 0.3 is 0 Å². The lowest BCUT2D eigenvalue weighted by Gasteiger charge is -2.12. The number of nitrogens with one attached hydrogen (secondary N) is 2. The second-order valence-corrected chi connectivity index (χ2v) is 5.02. The maximum Gasteiger partial charge on any atom is 0.205 e. The molecule has 1 aliphatic carbocycles. The molecule has 4 nitrogen and oxygen atoms in total. The predicted octanol–water partition coefficient (Wildman–Crippen LogP) is 0.850. The van der Waals surface area contributed by atoms with Gasteiger partial charge in [0.05, 0.1) is 0 Å². The standard InChI is InChI=1S/C10H22N4/c1-7(2)13-9(14-11)12-6-8-5-10(8,3)4/h7-8H,5-6,11H2,1-4H3,(H2,12,13,14). The zero-order valence-electron chi connectivity index (χ0n) is 9.59. The van der Waals surface area contributed by atoms with E-state index in [1.165, 1.54) is 6.42 Å². The van der Waals surface area contributed by atoms with Crippen LogP contribution in [0.1, 0.15) is 34.1 Å². The number of hydrazine groups is 1. The molecule has 0 saturated heterocycles. The smallest absolute Gasteiger partial charge is 0.205 e. The van der Waals surface area contributed by atoms with Crippen molar-refractivity contribution in [1.82, 2.24) is 10.7 Å². The molecule has 4 heteroatoms. The summed E-state index contributed by atoms with van der Waals surface area (Å²) in [6.45, 7) is 9.55. The van der Waals surface area contributed by atoms with Crippen LogP contribution in [-0.4, -0.2) is 18.5 Å². The third-order valence-electron chi connectivity index (χ3n) is 2.75. The highest BCUT2D eigenvalue weighted by Crippen LogP contribution is 2.51. The summed E-state index contributed by atoms with van der Waals surface area (Å²) in [6.07, 6.45) is 1.27. The van der Waals surface area contributed by atoms with Gasteiger partial charge in [-0.25, -0.2) is 5.84 Å². The maximum absolute atomic E-state index is 5.35. The fourth-order valence-electron chi connectivity index (χ4n) is 1.50. The van der Waals surface area contributed by atoms with Gasteiger partial charge in [-0.3, -0.25) is 10.4 Å². The molecule has 1 aliphatic rings. The molecule has 82 valence electrons. The van der Waals surface area contributed by atoms with E-state index in [9.17, 15) is 0 Å². The van der Waals surface area contributed by atoms with Crippen LogP contribution in [0, 0.1) is 11.3 Å². The third-order valence-corrected chi connectivity index (χ3v) is 2.75. The van der Waals surface area contributed by atoms with Gasteiger partial charge in [0, 0.05) is 12.6 Å². The van der Waals surface area contributed by atoms with Crippen LogP contribution in [0.5, 0.6) is 0 Å². The number of hydrogen-bond donors (Lipinski definition) is 3. The van der Waals surface area contributed by atoms with Gasteiger partial charge in [-0.1, -0.05) is 13.8 Å². The Labute approximate surface area is 86.3 Å². The fraction of sp³-hybridized carbons (Fsp3) is 0.900. The Morgan fingerprint density at radius 1 is 1.57 bits per heavy atom. The van der Waals surface area contributed by atoms with Crippen molar-refractivity contribution in [3.63, 3.8) is 0 Å². The van der Waals surface area contributed by atoms with Crippen molar-refractivity contribution in [3.8, 4) is 0 Å². The second kappa shape index (κ2) is 4.17. The molecule has 1 fully saturated rings. The summed E-state index contributed by atoms with van der Waals surface area (Å²) >= 11 is 0.